The van der Waals surface area contributed by atoms with E-state index in [4.69, 9.17) is 17.5 Å². The maximum absolute atomic E-state index is 8.52. The van der Waals surface area contributed by atoms with Crippen molar-refractivity contribution < 1.29 is 58.0 Å². The summed E-state index contributed by atoms with van der Waals surface area (Å²) in [5.74, 6) is 0. The Kier molecular flexibility index (Phi) is 68.6. The molecule has 0 aliphatic carbocycles. The fourth-order valence-corrected chi connectivity index (χ4v) is 0. The van der Waals surface area contributed by atoms with Crippen LogP contribution in [-0.2, 0) is 10.4 Å². The Morgan fingerprint density at radius 2 is 1.00 bits per heavy atom. The summed E-state index contributed by atoms with van der Waals surface area (Å²) in [6, 6.07) is 0. The summed E-state index contributed by atoms with van der Waals surface area (Å²) in [4.78, 5) is 0. The van der Waals surface area contributed by atoms with Gasteiger partial charge in [-0.3, -0.25) is 8.42 Å². The fraction of sp³-hybridized carbons (Fsp3) is 0. The summed E-state index contributed by atoms with van der Waals surface area (Å²) in [6.45, 7) is 0. The van der Waals surface area contributed by atoms with Crippen LogP contribution in [0.1, 0.15) is 0 Å². The molecule has 48 valence electrons. The average Bonchev–Trinajstić information content (AvgIpc) is 0.722. The molecule has 0 radical (unpaired) electrons. The van der Waals surface area contributed by atoms with E-state index in [0.717, 1.165) is 0 Å². The van der Waals surface area contributed by atoms with Gasteiger partial charge >= 0.3 is 84.7 Å². The Morgan fingerprint density at radius 3 is 1.00 bits per heavy atom. The topological polar surface area (TPSA) is 140 Å². The Morgan fingerprint density at radius 1 is 1.00 bits per heavy atom. The molecule has 0 aromatic heterocycles. The van der Waals surface area contributed by atoms with Gasteiger partial charge in [-0.15, -0.1) is 0 Å². The van der Waals surface area contributed by atoms with E-state index in [1.165, 1.54) is 0 Å². The van der Waals surface area contributed by atoms with Crippen molar-refractivity contribution in [3.8, 4) is 0 Å². The first-order chi connectivity index (χ1) is 2.00. The molecule has 0 rings (SSSR count). The number of rotatable bonds is 0. The van der Waals surface area contributed by atoms with Gasteiger partial charge in [-0.2, -0.15) is 0 Å². The monoisotopic (exact) mass is 220 g/mol. The van der Waals surface area contributed by atoms with Crippen LogP contribution >= 0.6 is 0 Å². The molecule has 6 nitrogen and oxygen atoms in total. The fourth-order valence-electron chi connectivity index (χ4n) is 0. The average molecular weight is 220 g/mol. The third-order valence-electron chi connectivity index (χ3n) is 0. The van der Waals surface area contributed by atoms with Crippen molar-refractivity contribution in [1.29, 1.82) is 0 Å². The van der Waals surface area contributed by atoms with Gasteiger partial charge in [-0.25, -0.2) is 0 Å². The molecule has 0 fully saturated rings. The maximum Gasteiger partial charge on any atom is 3.00 e. The molecule has 0 spiro atoms. The minimum absolute atomic E-state index is 0. The zero-order valence-electron chi connectivity index (χ0n) is 5.22. The van der Waals surface area contributed by atoms with Crippen molar-refractivity contribution in [3.05, 3.63) is 0 Å². The predicted molar refractivity (Wildman–Crippen MR) is 25.9 cm³/mol. The first kappa shape index (κ1) is 39.0. The molecule has 0 heterocycles. The molecule has 0 aromatic carbocycles. The largest absolute Gasteiger partial charge is 3.00 e. The van der Waals surface area contributed by atoms with E-state index >= 15 is 0 Å². The first-order valence-electron chi connectivity index (χ1n) is 0.667. The van der Waals surface area contributed by atoms with E-state index in [2.05, 4.69) is 0 Å². The molecule has 10 heavy (non-hydrogen) atoms. The van der Waals surface area contributed by atoms with Crippen LogP contribution < -0.4 is 29.6 Å². The zero-order valence-corrected chi connectivity index (χ0v) is 11.4. The Bertz CT molecular complexity index is 101. The van der Waals surface area contributed by atoms with Gasteiger partial charge in [0, 0.05) is 10.4 Å². The molecule has 0 aromatic rings. The van der Waals surface area contributed by atoms with Gasteiger partial charge in [0.15, 0.2) is 0 Å². The second-order valence-corrected chi connectivity index (χ2v) is 1.22. The van der Waals surface area contributed by atoms with Crippen LogP contribution in [-0.4, -0.2) is 83.6 Å². The van der Waals surface area contributed by atoms with Gasteiger partial charge in [0.25, 0.3) is 0 Å². The third kappa shape index (κ3) is 146. The van der Waals surface area contributed by atoms with Crippen LogP contribution in [0.15, 0.2) is 0 Å². The smallest absolute Gasteiger partial charge is 0.870 e. The van der Waals surface area contributed by atoms with Crippen LogP contribution in [0.2, 0.25) is 0 Å². The Labute approximate surface area is 121 Å². The molecule has 0 saturated carbocycles. The van der Waals surface area contributed by atoms with Crippen LogP contribution in [0.5, 0.6) is 0 Å². The van der Waals surface area contributed by atoms with Gasteiger partial charge in [-0.1, -0.05) is 0 Å². The van der Waals surface area contributed by atoms with Gasteiger partial charge in [-0.05, 0) is 0 Å². The normalized spacial score (nSPS) is 5.80. The van der Waals surface area contributed by atoms with Gasteiger partial charge < -0.3 is 20.1 Å². The van der Waals surface area contributed by atoms with E-state index < -0.39 is 10.4 Å². The van der Waals surface area contributed by atoms with E-state index in [0.29, 0.717) is 0 Å². The van der Waals surface area contributed by atoms with Crippen molar-refractivity contribution >= 4 is 65.5 Å². The Hall–Kier alpha value is 2.58. The molecule has 0 aliphatic heterocycles. The van der Waals surface area contributed by atoms with E-state index in [1.807, 2.05) is 0 Å². The second kappa shape index (κ2) is 17.6. The van der Waals surface area contributed by atoms with Crippen LogP contribution in [0.25, 0.3) is 0 Å². The molecule has 2 N–H and O–H groups in total. The summed E-state index contributed by atoms with van der Waals surface area (Å²) in [5.41, 5.74) is 0. The van der Waals surface area contributed by atoms with Crippen LogP contribution in [0.4, 0.5) is 0 Å². The summed E-state index contributed by atoms with van der Waals surface area (Å²) >= 11 is 0. The van der Waals surface area contributed by atoms with E-state index in [1.54, 1.807) is 0 Å². The summed E-state index contributed by atoms with van der Waals surface area (Å²) < 4.78 is 34.1. The molecule has 0 saturated heterocycles. The van der Waals surface area contributed by atoms with Crippen molar-refractivity contribution in [2.24, 2.45) is 0 Å². The van der Waals surface area contributed by atoms with Crippen molar-refractivity contribution in [2.45, 2.75) is 0 Å². The summed E-state index contributed by atoms with van der Waals surface area (Å²) in [5, 5.41) is 0. The van der Waals surface area contributed by atoms with Gasteiger partial charge in [0.1, 0.15) is 0 Å². The molecule has 0 aliphatic rings. The zero-order chi connectivity index (χ0) is 4.50. The molecule has 0 bridgehead atoms. The molecule has 10 heteroatoms. The molecule has 0 unspecified atom stereocenters. The third-order valence-corrected chi connectivity index (χ3v) is 0. The SMILES string of the molecule is O=S(=O)([O-])[O-].[Al+3].[Ca+2].[Na+].[OH-].[OH-]. The maximum atomic E-state index is 8.52. The minimum Gasteiger partial charge on any atom is -0.870 e. The number of hydrogen-bond donors (Lipinski definition) is 0. The summed E-state index contributed by atoms with van der Waals surface area (Å²) in [7, 11) is -5.17. The molecular weight excluding hydrogens is 218 g/mol. The van der Waals surface area contributed by atoms with Crippen molar-refractivity contribution in [1.82, 2.24) is 0 Å². The molecular formula is H2AlCaNaO6S+2. The molecule has 0 amide bonds. The molecule has 0 atom stereocenters. The van der Waals surface area contributed by atoms with E-state index in [9.17, 15) is 0 Å². The minimum atomic E-state index is -5.17. The quantitative estimate of drug-likeness (QED) is 0.226. The van der Waals surface area contributed by atoms with Crippen molar-refractivity contribution in [2.75, 3.05) is 0 Å². The second-order valence-electron chi connectivity index (χ2n) is 0.408. The summed E-state index contributed by atoms with van der Waals surface area (Å²) in [6.07, 6.45) is 0. The van der Waals surface area contributed by atoms with Crippen molar-refractivity contribution in [3.63, 3.8) is 0 Å². The van der Waals surface area contributed by atoms with Crippen LogP contribution in [0, 0.1) is 0 Å². The number of hydrogen-bond acceptors (Lipinski definition) is 6. The Balaban J connectivity index is -0.00000000800. The van der Waals surface area contributed by atoms with Gasteiger partial charge in [0.2, 0.25) is 0 Å². The predicted octanol–water partition coefficient (Wildman–Crippen LogP) is -5.45. The first-order valence-corrected chi connectivity index (χ1v) is 2.00. The van der Waals surface area contributed by atoms with E-state index in [-0.39, 0.29) is 95.6 Å². The van der Waals surface area contributed by atoms with Crippen LogP contribution in [0.3, 0.4) is 0 Å². The van der Waals surface area contributed by atoms with Gasteiger partial charge in [0.05, 0.1) is 0 Å². The standard InChI is InChI=1S/Al.Ca.Na.H2O4S.2H2O/c;;;1-5(2,3)4;;/h;;;(H2,1,2,3,4);2*1H2/q+3;+2;+1;;;/p-4.